The lowest BCUT2D eigenvalue weighted by atomic mass is 9.95. The third-order valence-corrected chi connectivity index (χ3v) is 4.17. The molecule has 1 aromatic rings. The number of hydrogen-bond donors (Lipinski definition) is 1. The molecule has 0 aliphatic carbocycles. The number of methoxy groups -OCH3 is 1. The van der Waals surface area contributed by atoms with Crippen LogP contribution in [0.3, 0.4) is 0 Å². The Kier molecular flexibility index (Phi) is 3.98. The van der Waals surface area contributed by atoms with Crippen LogP contribution in [0.15, 0.2) is 12.1 Å². The van der Waals surface area contributed by atoms with Crippen molar-refractivity contribution >= 4 is 17.7 Å². The van der Waals surface area contributed by atoms with Gasteiger partial charge in [-0.1, -0.05) is 0 Å². The predicted molar refractivity (Wildman–Crippen MR) is 75.6 cm³/mol. The van der Waals surface area contributed by atoms with Crippen LogP contribution in [0.5, 0.6) is 0 Å². The maximum Gasteiger partial charge on any atom is 0.316 e. The highest BCUT2D eigenvalue weighted by atomic mass is 16.5. The number of hydrogen-bond acceptors (Lipinski definition) is 5. The van der Waals surface area contributed by atoms with Crippen molar-refractivity contribution in [3.8, 4) is 0 Å². The van der Waals surface area contributed by atoms with E-state index in [-0.39, 0.29) is 17.7 Å². The number of ketones is 1. The molecule has 1 amide bonds. The molecule has 0 saturated carbocycles. The standard InChI is InChI=1S/C15H18N2O5/c1-21-15(20)10-4-6-17-11(13(10)18)2-3-12(17)14(19)16-9-5-7-22-8-9/h2-3,9-10H,4-8H2,1H3,(H,16,19)/t9-,10?/m0/s1. The first-order chi connectivity index (χ1) is 10.6. The second-order valence-corrected chi connectivity index (χ2v) is 5.52. The van der Waals surface area contributed by atoms with E-state index in [0.717, 1.165) is 6.42 Å². The highest BCUT2D eigenvalue weighted by molar-refractivity contribution is 6.09. The van der Waals surface area contributed by atoms with E-state index in [1.54, 1.807) is 16.7 Å². The van der Waals surface area contributed by atoms with E-state index in [1.165, 1.54) is 7.11 Å². The average molecular weight is 306 g/mol. The first kappa shape index (κ1) is 14.8. The van der Waals surface area contributed by atoms with Crippen LogP contribution < -0.4 is 5.32 Å². The van der Waals surface area contributed by atoms with Gasteiger partial charge in [0.25, 0.3) is 5.91 Å². The van der Waals surface area contributed by atoms with Gasteiger partial charge in [0.05, 0.1) is 25.5 Å². The summed E-state index contributed by atoms with van der Waals surface area (Å²) in [6.07, 6.45) is 1.14. The number of ether oxygens (including phenoxy) is 2. The van der Waals surface area contributed by atoms with Crippen molar-refractivity contribution in [2.45, 2.75) is 25.4 Å². The van der Waals surface area contributed by atoms with E-state index in [2.05, 4.69) is 10.1 Å². The Morgan fingerprint density at radius 2 is 2.18 bits per heavy atom. The van der Waals surface area contributed by atoms with Gasteiger partial charge in [0.15, 0.2) is 5.78 Å². The molecule has 1 aromatic heterocycles. The molecule has 2 atom stereocenters. The number of fused-ring (bicyclic) bond motifs is 1. The Labute approximate surface area is 127 Å². The number of nitrogens with zero attached hydrogens (tertiary/aromatic N) is 1. The average Bonchev–Trinajstić information content (AvgIpc) is 3.16. The fourth-order valence-electron chi connectivity index (χ4n) is 2.96. The molecule has 0 bridgehead atoms. The smallest absolute Gasteiger partial charge is 0.316 e. The maximum atomic E-state index is 12.3. The van der Waals surface area contributed by atoms with Gasteiger partial charge in [-0.3, -0.25) is 14.4 Å². The van der Waals surface area contributed by atoms with Crippen molar-refractivity contribution in [2.75, 3.05) is 20.3 Å². The van der Waals surface area contributed by atoms with Crippen molar-refractivity contribution in [2.24, 2.45) is 5.92 Å². The second-order valence-electron chi connectivity index (χ2n) is 5.52. The van der Waals surface area contributed by atoms with E-state index in [0.29, 0.717) is 37.6 Å². The number of amides is 1. The van der Waals surface area contributed by atoms with Gasteiger partial charge < -0.3 is 19.4 Å². The molecule has 1 N–H and O–H groups in total. The maximum absolute atomic E-state index is 12.3. The molecule has 2 aliphatic rings. The molecule has 0 spiro atoms. The van der Waals surface area contributed by atoms with Crippen molar-refractivity contribution in [3.63, 3.8) is 0 Å². The third kappa shape index (κ3) is 2.52. The lowest BCUT2D eigenvalue weighted by Crippen LogP contribution is -2.38. The molecule has 0 radical (unpaired) electrons. The molecule has 1 fully saturated rings. The first-order valence-corrected chi connectivity index (χ1v) is 7.32. The van der Waals surface area contributed by atoms with E-state index in [4.69, 9.17) is 4.74 Å². The van der Waals surface area contributed by atoms with E-state index in [1.807, 2.05) is 0 Å². The fraction of sp³-hybridized carbons (Fsp3) is 0.533. The number of esters is 1. The van der Waals surface area contributed by atoms with Crippen molar-refractivity contribution in [1.29, 1.82) is 0 Å². The lowest BCUT2D eigenvalue weighted by molar-refractivity contribution is -0.144. The number of carbonyl (C=O) groups excluding carboxylic acids is 3. The zero-order valence-electron chi connectivity index (χ0n) is 12.3. The van der Waals surface area contributed by atoms with Crippen LogP contribution in [0, 0.1) is 5.92 Å². The van der Waals surface area contributed by atoms with Crippen molar-refractivity contribution < 1.29 is 23.9 Å². The Morgan fingerprint density at radius 3 is 2.86 bits per heavy atom. The fourth-order valence-corrected chi connectivity index (χ4v) is 2.96. The Balaban J connectivity index is 1.78. The minimum Gasteiger partial charge on any atom is -0.468 e. The van der Waals surface area contributed by atoms with Gasteiger partial charge in [0.2, 0.25) is 0 Å². The number of rotatable bonds is 3. The van der Waals surface area contributed by atoms with E-state index < -0.39 is 11.9 Å². The summed E-state index contributed by atoms with van der Waals surface area (Å²) in [5.41, 5.74) is 0.827. The quantitative estimate of drug-likeness (QED) is 0.644. The molecule has 2 aliphatic heterocycles. The number of Topliss-reactive ketones (excluding diaryl/α,β-unsaturated/α-hetero) is 1. The SMILES string of the molecule is COC(=O)C1CCn2c(C(=O)N[C@H]3CCOC3)ccc2C1=O. The highest BCUT2D eigenvalue weighted by Gasteiger charge is 2.35. The van der Waals surface area contributed by atoms with Crippen LogP contribution in [0.2, 0.25) is 0 Å². The van der Waals surface area contributed by atoms with Crippen LogP contribution in [0.1, 0.15) is 33.8 Å². The largest absolute Gasteiger partial charge is 0.468 e. The number of aromatic nitrogens is 1. The summed E-state index contributed by atoms with van der Waals surface area (Å²) < 4.78 is 11.6. The lowest BCUT2D eigenvalue weighted by Gasteiger charge is -2.23. The summed E-state index contributed by atoms with van der Waals surface area (Å²) in [5.74, 6) is -1.80. The van der Waals surface area contributed by atoms with Gasteiger partial charge in [0.1, 0.15) is 11.6 Å². The van der Waals surface area contributed by atoms with Gasteiger partial charge in [-0.15, -0.1) is 0 Å². The molecular weight excluding hydrogens is 288 g/mol. The van der Waals surface area contributed by atoms with E-state index >= 15 is 0 Å². The highest BCUT2D eigenvalue weighted by Crippen LogP contribution is 2.24. The molecule has 7 heteroatoms. The molecule has 1 unspecified atom stereocenters. The molecule has 3 heterocycles. The van der Waals surface area contributed by atoms with E-state index in [9.17, 15) is 14.4 Å². The molecular formula is C15H18N2O5. The molecule has 22 heavy (non-hydrogen) atoms. The van der Waals surface area contributed by atoms with Crippen LogP contribution in [-0.2, 0) is 20.8 Å². The van der Waals surface area contributed by atoms with Crippen LogP contribution in [-0.4, -0.2) is 48.6 Å². The number of nitrogens with one attached hydrogen (secondary N) is 1. The monoisotopic (exact) mass is 306 g/mol. The van der Waals surface area contributed by atoms with Crippen LogP contribution in [0.25, 0.3) is 0 Å². The Morgan fingerprint density at radius 1 is 1.36 bits per heavy atom. The van der Waals surface area contributed by atoms with Crippen molar-refractivity contribution in [3.05, 3.63) is 23.5 Å². The molecule has 118 valence electrons. The summed E-state index contributed by atoms with van der Waals surface area (Å²) >= 11 is 0. The predicted octanol–water partition coefficient (Wildman–Crippen LogP) is 0.382. The minimum absolute atomic E-state index is 0.0146. The zero-order valence-corrected chi connectivity index (χ0v) is 12.3. The summed E-state index contributed by atoms with van der Waals surface area (Å²) in [4.78, 5) is 36.3. The van der Waals surface area contributed by atoms with Gasteiger partial charge in [0, 0.05) is 13.2 Å². The third-order valence-electron chi connectivity index (χ3n) is 4.17. The van der Waals surface area contributed by atoms with Gasteiger partial charge in [-0.2, -0.15) is 0 Å². The Hall–Kier alpha value is -2.15. The number of carbonyl (C=O) groups is 3. The van der Waals surface area contributed by atoms with Crippen LogP contribution >= 0.6 is 0 Å². The van der Waals surface area contributed by atoms with Gasteiger partial charge in [-0.05, 0) is 25.0 Å². The summed E-state index contributed by atoms with van der Waals surface area (Å²) in [7, 11) is 1.27. The minimum atomic E-state index is -0.772. The molecule has 7 nitrogen and oxygen atoms in total. The van der Waals surface area contributed by atoms with Crippen LogP contribution in [0.4, 0.5) is 0 Å². The molecule has 1 saturated heterocycles. The zero-order chi connectivity index (χ0) is 15.7. The van der Waals surface area contributed by atoms with Gasteiger partial charge in [-0.25, -0.2) is 0 Å². The second kappa shape index (κ2) is 5.92. The topological polar surface area (TPSA) is 86.6 Å². The summed E-state index contributed by atoms with van der Waals surface area (Å²) in [6.45, 7) is 1.61. The van der Waals surface area contributed by atoms with Crippen molar-refractivity contribution in [1.82, 2.24) is 9.88 Å². The first-order valence-electron chi connectivity index (χ1n) is 7.32. The molecule has 3 rings (SSSR count). The van der Waals surface area contributed by atoms with Gasteiger partial charge >= 0.3 is 5.97 Å². The normalized spacial score (nSPS) is 24.0. The molecule has 0 aromatic carbocycles. The summed E-state index contributed by atoms with van der Waals surface area (Å²) in [5, 5.41) is 2.90. The Bertz CT molecular complexity index is 615. The summed E-state index contributed by atoms with van der Waals surface area (Å²) in [6, 6.07) is 3.23.